The molecule has 8 nitrogen and oxygen atoms in total. The summed E-state index contributed by atoms with van der Waals surface area (Å²) < 4.78 is 28.4. The van der Waals surface area contributed by atoms with E-state index in [9.17, 15) is 18.8 Å². The van der Waals surface area contributed by atoms with Gasteiger partial charge in [0.05, 0.1) is 23.9 Å². The topological polar surface area (TPSA) is 103 Å². The van der Waals surface area contributed by atoms with Gasteiger partial charge >= 0.3 is 18.0 Å². The molecule has 26 heavy (non-hydrogen) atoms. The Hall–Kier alpha value is -3.10. The van der Waals surface area contributed by atoms with Crippen LogP contribution in [0.5, 0.6) is 5.75 Å². The van der Waals surface area contributed by atoms with Gasteiger partial charge in [-0.1, -0.05) is 12.1 Å². The Labute approximate surface area is 149 Å². The Morgan fingerprint density at radius 1 is 1.23 bits per heavy atom. The van der Waals surface area contributed by atoms with Crippen LogP contribution in [0, 0.1) is 5.82 Å². The summed E-state index contributed by atoms with van der Waals surface area (Å²) >= 11 is 0. The van der Waals surface area contributed by atoms with E-state index in [4.69, 9.17) is 14.2 Å². The third-order valence-corrected chi connectivity index (χ3v) is 3.43. The first-order valence-corrected chi connectivity index (χ1v) is 7.93. The fourth-order valence-electron chi connectivity index (χ4n) is 2.29. The van der Waals surface area contributed by atoms with E-state index in [0.29, 0.717) is 0 Å². The smallest absolute Gasteiger partial charge is 0.344 e. The third-order valence-electron chi connectivity index (χ3n) is 3.43. The maximum Gasteiger partial charge on any atom is 0.344 e. The Balaban J connectivity index is 1.99. The minimum absolute atomic E-state index is 0.0836. The Morgan fingerprint density at radius 2 is 1.96 bits per heavy atom. The summed E-state index contributed by atoms with van der Waals surface area (Å²) in [6.45, 7) is 2.54. The molecule has 140 valence electrons. The fraction of sp³-hybridized carbons (Fsp3) is 0.353. The number of hydrogen-bond acceptors (Lipinski definition) is 6. The summed E-state index contributed by atoms with van der Waals surface area (Å²) in [6.07, 6.45) is 0. The van der Waals surface area contributed by atoms with Crippen molar-refractivity contribution in [3.8, 4) is 5.75 Å². The van der Waals surface area contributed by atoms with Gasteiger partial charge in [-0.3, -0.25) is 0 Å². The van der Waals surface area contributed by atoms with Gasteiger partial charge in [0.25, 0.3) is 0 Å². The zero-order valence-electron chi connectivity index (χ0n) is 14.3. The molecule has 1 heterocycles. The molecule has 2 N–H and O–H groups in total. The number of nitrogens with one attached hydrogen (secondary N) is 2. The molecular formula is C17H19FN2O6. The molecule has 2 rings (SSSR count). The summed E-state index contributed by atoms with van der Waals surface area (Å²) in [5.74, 6) is -2.10. The molecule has 0 saturated heterocycles. The number of carbonyl (C=O) groups is 3. The van der Waals surface area contributed by atoms with Crippen molar-refractivity contribution in [2.45, 2.75) is 19.9 Å². The van der Waals surface area contributed by atoms with E-state index in [1.54, 1.807) is 19.9 Å². The first-order chi connectivity index (χ1) is 12.4. The highest BCUT2D eigenvalue weighted by Gasteiger charge is 2.30. The molecule has 0 aliphatic carbocycles. The first kappa shape index (κ1) is 19.2. The molecule has 1 aliphatic heterocycles. The SMILES string of the molecule is CCOC(=O)C1=C(COC(=O)COc2ccccc2F)NC(=O)NC1C. The molecule has 1 unspecified atom stereocenters. The number of para-hydroxylation sites is 1. The van der Waals surface area contributed by atoms with Gasteiger partial charge in [0.15, 0.2) is 18.2 Å². The van der Waals surface area contributed by atoms with Gasteiger partial charge in [-0.05, 0) is 26.0 Å². The predicted molar refractivity (Wildman–Crippen MR) is 87.6 cm³/mol. The first-order valence-electron chi connectivity index (χ1n) is 7.93. The molecule has 0 spiro atoms. The molecule has 2 amide bonds. The largest absolute Gasteiger partial charge is 0.479 e. The van der Waals surface area contributed by atoms with Crippen molar-refractivity contribution in [2.75, 3.05) is 19.8 Å². The average Bonchev–Trinajstić information content (AvgIpc) is 2.58. The molecule has 1 aromatic rings. The summed E-state index contributed by atoms with van der Waals surface area (Å²) in [7, 11) is 0. The van der Waals surface area contributed by atoms with Crippen molar-refractivity contribution >= 4 is 18.0 Å². The van der Waals surface area contributed by atoms with Gasteiger partial charge in [-0.25, -0.2) is 18.8 Å². The molecule has 0 bridgehead atoms. The predicted octanol–water partition coefficient (Wildman–Crippen LogP) is 1.27. The average molecular weight is 366 g/mol. The van der Waals surface area contributed by atoms with Crippen LogP contribution in [0.2, 0.25) is 0 Å². The quantitative estimate of drug-likeness (QED) is 0.705. The summed E-state index contributed by atoms with van der Waals surface area (Å²) in [5, 5.41) is 4.95. The van der Waals surface area contributed by atoms with Crippen LogP contribution in [0.25, 0.3) is 0 Å². The number of ether oxygens (including phenoxy) is 3. The summed E-state index contributed by atoms with van der Waals surface area (Å²) in [5.41, 5.74) is 0.285. The highest BCUT2D eigenvalue weighted by molar-refractivity contribution is 5.94. The maximum absolute atomic E-state index is 13.4. The number of amides is 2. The van der Waals surface area contributed by atoms with Crippen LogP contribution < -0.4 is 15.4 Å². The second-order valence-corrected chi connectivity index (χ2v) is 5.31. The fourth-order valence-corrected chi connectivity index (χ4v) is 2.29. The molecule has 0 fully saturated rings. The summed E-state index contributed by atoms with van der Waals surface area (Å²) in [4.78, 5) is 35.4. The second kappa shape index (κ2) is 8.84. The highest BCUT2D eigenvalue weighted by atomic mass is 19.1. The minimum Gasteiger partial charge on any atom is -0.479 e. The van der Waals surface area contributed by atoms with Gasteiger partial charge in [0.1, 0.15) is 6.61 Å². The lowest BCUT2D eigenvalue weighted by atomic mass is 10.0. The zero-order valence-corrected chi connectivity index (χ0v) is 14.3. The van der Waals surface area contributed by atoms with Crippen LogP contribution in [-0.4, -0.2) is 43.8 Å². The van der Waals surface area contributed by atoms with Crippen molar-refractivity contribution in [3.63, 3.8) is 0 Å². The van der Waals surface area contributed by atoms with Crippen molar-refractivity contribution in [1.29, 1.82) is 0 Å². The Bertz CT molecular complexity index is 734. The number of urea groups is 1. The molecule has 1 atom stereocenters. The van der Waals surface area contributed by atoms with Gasteiger partial charge in [-0.2, -0.15) is 0 Å². The second-order valence-electron chi connectivity index (χ2n) is 5.31. The number of benzene rings is 1. The van der Waals surface area contributed by atoms with Gasteiger partial charge < -0.3 is 24.8 Å². The number of halogens is 1. The van der Waals surface area contributed by atoms with E-state index < -0.39 is 36.4 Å². The minimum atomic E-state index is -0.788. The Morgan fingerprint density at radius 3 is 2.65 bits per heavy atom. The van der Waals surface area contributed by atoms with E-state index in [1.165, 1.54) is 18.2 Å². The molecule has 0 aromatic heterocycles. The summed E-state index contributed by atoms with van der Waals surface area (Å²) in [6, 6.07) is 4.49. The molecule has 0 saturated carbocycles. The van der Waals surface area contributed by atoms with Gasteiger partial charge in [-0.15, -0.1) is 0 Å². The van der Waals surface area contributed by atoms with E-state index >= 15 is 0 Å². The van der Waals surface area contributed by atoms with Crippen LogP contribution in [-0.2, 0) is 19.1 Å². The van der Waals surface area contributed by atoms with Crippen LogP contribution in [0.1, 0.15) is 13.8 Å². The zero-order chi connectivity index (χ0) is 19.1. The maximum atomic E-state index is 13.4. The Kier molecular flexibility index (Phi) is 6.54. The van der Waals surface area contributed by atoms with E-state index in [2.05, 4.69) is 10.6 Å². The third kappa shape index (κ3) is 4.95. The molecule has 0 radical (unpaired) electrons. The van der Waals surface area contributed by atoms with Gasteiger partial charge in [0, 0.05) is 0 Å². The van der Waals surface area contributed by atoms with Crippen molar-refractivity contribution < 1.29 is 33.0 Å². The highest BCUT2D eigenvalue weighted by Crippen LogP contribution is 2.16. The van der Waals surface area contributed by atoms with E-state index in [1.807, 2.05) is 0 Å². The van der Waals surface area contributed by atoms with E-state index in [-0.39, 0.29) is 30.2 Å². The lowest BCUT2D eigenvalue weighted by Crippen LogP contribution is -2.50. The monoisotopic (exact) mass is 366 g/mol. The van der Waals surface area contributed by atoms with Crippen LogP contribution in [0.4, 0.5) is 9.18 Å². The molecule has 1 aliphatic rings. The van der Waals surface area contributed by atoms with Crippen molar-refractivity contribution in [3.05, 3.63) is 41.4 Å². The molecule has 9 heteroatoms. The normalized spacial score (nSPS) is 16.4. The number of hydrogen-bond donors (Lipinski definition) is 2. The molecule has 1 aromatic carbocycles. The van der Waals surface area contributed by atoms with E-state index in [0.717, 1.165) is 0 Å². The van der Waals surface area contributed by atoms with Crippen LogP contribution in [0.15, 0.2) is 35.5 Å². The number of esters is 2. The lowest BCUT2D eigenvalue weighted by molar-refractivity contribution is -0.145. The van der Waals surface area contributed by atoms with Crippen molar-refractivity contribution in [1.82, 2.24) is 10.6 Å². The lowest BCUT2D eigenvalue weighted by Gasteiger charge is -2.26. The van der Waals surface area contributed by atoms with Gasteiger partial charge in [0.2, 0.25) is 0 Å². The number of carbonyl (C=O) groups excluding carboxylic acids is 3. The number of rotatable bonds is 7. The van der Waals surface area contributed by atoms with Crippen LogP contribution in [0.3, 0.4) is 0 Å². The standard InChI is InChI=1S/C17H19FN2O6/c1-3-24-16(22)15-10(2)19-17(23)20-12(15)8-26-14(21)9-25-13-7-5-4-6-11(13)18/h4-7,10H,3,8-9H2,1-2H3,(H2,19,20,23). The van der Waals surface area contributed by atoms with Crippen molar-refractivity contribution in [2.24, 2.45) is 0 Å². The molecular weight excluding hydrogens is 347 g/mol. The van der Waals surface area contributed by atoms with Crippen LogP contribution >= 0.6 is 0 Å².